The maximum Gasteiger partial charge on any atom is 0.343 e. The highest BCUT2D eigenvalue weighted by atomic mass is 32.2. The minimum absolute atomic E-state index is 0.215. The number of hydrogen-bond donors (Lipinski definition) is 0. The van der Waals surface area contributed by atoms with E-state index in [4.69, 9.17) is 9.47 Å². The number of aromatic nitrogens is 1. The monoisotopic (exact) mass is 355 g/mol. The van der Waals surface area contributed by atoms with Crippen molar-refractivity contribution >= 4 is 17.0 Å². The van der Waals surface area contributed by atoms with Crippen LogP contribution in [-0.4, -0.2) is 70.3 Å². The lowest BCUT2D eigenvalue weighted by Crippen LogP contribution is -2.46. The van der Waals surface area contributed by atoms with Crippen molar-refractivity contribution in [2.24, 2.45) is 0 Å². The zero-order chi connectivity index (χ0) is 17.5. The van der Waals surface area contributed by atoms with Gasteiger partial charge < -0.3 is 14.4 Å². The highest BCUT2D eigenvalue weighted by molar-refractivity contribution is 7.82. The van der Waals surface area contributed by atoms with Crippen molar-refractivity contribution < 1.29 is 18.5 Å². The molecule has 0 radical (unpaired) electrons. The molecular formula is C16H25N3O4S. The van der Waals surface area contributed by atoms with Gasteiger partial charge in [-0.15, -0.1) is 0 Å². The van der Waals surface area contributed by atoms with E-state index in [2.05, 4.69) is 16.8 Å². The van der Waals surface area contributed by atoms with Crippen LogP contribution in [0.1, 0.15) is 31.1 Å². The molecule has 7 nitrogen and oxygen atoms in total. The second kappa shape index (κ2) is 9.10. The fourth-order valence-corrected chi connectivity index (χ4v) is 3.65. The van der Waals surface area contributed by atoms with Gasteiger partial charge >= 0.3 is 5.97 Å². The summed E-state index contributed by atoms with van der Waals surface area (Å²) in [5.74, 6) is -0.296. The lowest BCUT2D eigenvalue weighted by atomic mass is 10.3. The molecular weight excluding hydrogens is 330 g/mol. The van der Waals surface area contributed by atoms with Gasteiger partial charge in [0.25, 0.3) is 0 Å². The number of ether oxygens (including phenoxy) is 2. The van der Waals surface area contributed by atoms with Crippen molar-refractivity contribution in [1.29, 1.82) is 0 Å². The smallest absolute Gasteiger partial charge is 0.343 e. The Kier molecular flexibility index (Phi) is 7.14. The molecule has 0 spiro atoms. The summed E-state index contributed by atoms with van der Waals surface area (Å²) in [6.45, 7) is 10.5. The molecule has 1 unspecified atom stereocenters. The zero-order valence-corrected chi connectivity index (χ0v) is 15.3. The van der Waals surface area contributed by atoms with Crippen molar-refractivity contribution in [3.05, 3.63) is 17.8 Å². The standard InChI is InChI=1S/C16H25N3O4S/c1-4-18-7-9-19(10-8-18)24(21)13-11-14(16(20)23-6-3)15(17-12-13)22-5-2/h11-12H,4-10H2,1-3H3. The summed E-state index contributed by atoms with van der Waals surface area (Å²) in [6.07, 6.45) is 1.51. The van der Waals surface area contributed by atoms with Crippen LogP contribution in [0, 0.1) is 0 Å². The number of likely N-dealkylation sites (N-methyl/N-ethyl adjacent to an activating group) is 1. The lowest BCUT2D eigenvalue weighted by molar-refractivity contribution is 0.0520. The number of hydrogen-bond acceptors (Lipinski definition) is 6. The van der Waals surface area contributed by atoms with E-state index in [1.807, 2.05) is 11.2 Å². The van der Waals surface area contributed by atoms with Crippen molar-refractivity contribution in [1.82, 2.24) is 14.2 Å². The Hall–Kier alpha value is -1.51. The summed E-state index contributed by atoms with van der Waals surface area (Å²) < 4.78 is 25.1. The second-order valence-corrected chi connectivity index (χ2v) is 6.78. The van der Waals surface area contributed by atoms with Crippen molar-refractivity contribution in [2.75, 3.05) is 45.9 Å². The van der Waals surface area contributed by atoms with Crippen LogP contribution in [0.15, 0.2) is 17.2 Å². The maximum absolute atomic E-state index is 12.8. The molecule has 2 heterocycles. The van der Waals surface area contributed by atoms with E-state index < -0.39 is 17.0 Å². The Labute approximate surface area is 145 Å². The third kappa shape index (κ3) is 4.52. The molecule has 2 rings (SSSR count). The highest BCUT2D eigenvalue weighted by Gasteiger charge is 2.24. The van der Waals surface area contributed by atoms with Gasteiger partial charge in [0, 0.05) is 32.4 Å². The van der Waals surface area contributed by atoms with Crippen LogP contribution in [0.25, 0.3) is 0 Å². The van der Waals surface area contributed by atoms with E-state index in [0.29, 0.717) is 11.5 Å². The minimum Gasteiger partial charge on any atom is -0.477 e. The fourth-order valence-electron chi connectivity index (χ4n) is 2.50. The molecule has 24 heavy (non-hydrogen) atoms. The lowest BCUT2D eigenvalue weighted by Gasteiger charge is -2.32. The molecule has 1 atom stereocenters. The third-order valence-corrected chi connectivity index (χ3v) is 5.28. The van der Waals surface area contributed by atoms with Crippen molar-refractivity contribution in [3.8, 4) is 5.88 Å². The largest absolute Gasteiger partial charge is 0.477 e. The predicted octanol–water partition coefficient (Wildman–Crippen LogP) is 1.32. The van der Waals surface area contributed by atoms with Gasteiger partial charge in [0.15, 0.2) is 0 Å². The number of rotatable bonds is 7. The zero-order valence-electron chi connectivity index (χ0n) is 14.5. The topological polar surface area (TPSA) is 72.0 Å². The molecule has 1 saturated heterocycles. The Balaban J connectivity index is 2.19. The predicted molar refractivity (Wildman–Crippen MR) is 91.5 cm³/mol. The van der Waals surface area contributed by atoms with Gasteiger partial charge in [-0.25, -0.2) is 18.3 Å². The third-order valence-electron chi connectivity index (χ3n) is 3.82. The van der Waals surface area contributed by atoms with Crippen LogP contribution >= 0.6 is 0 Å². The van der Waals surface area contributed by atoms with Gasteiger partial charge in [-0.2, -0.15) is 0 Å². The first kappa shape index (κ1) is 18.8. The Morgan fingerprint density at radius 3 is 2.50 bits per heavy atom. The molecule has 0 aliphatic carbocycles. The summed E-state index contributed by atoms with van der Waals surface area (Å²) in [5, 5.41) is 0. The van der Waals surface area contributed by atoms with Crippen LogP contribution in [-0.2, 0) is 15.7 Å². The summed E-state index contributed by atoms with van der Waals surface area (Å²) in [4.78, 5) is 19.1. The molecule has 8 heteroatoms. The number of carbonyl (C=O) groups is 1. The summed E-state index contributed by atoms with van der Waals surface area (Å²) >= 11 is 0. The summed E-state index contributed by atoms with van der Waals surface area (Å²) in [6, 6.07) is 1.57. The number of esters is 1. The van der Waals surface area contributed by atoms with E-state index >= 15 is 0 Å². The minimum atomic E-state index is -1.35. The molecule has 0 amide bonds. The first-order valence-electron chi connectivity index (χ1n) is 8.29. The van der Waals surface area contributed by atoms with Gasteiger partial charge in [0.05, 0.1) is 18.1 Å². The van der Waals surface area contributed by atoms with Gasteiger partial charge in [0.2, 0.25) is 5.88 Å². The number of carbonyl (C=O) groups excluding carboxylic acids is 1. The Morgan fingerprint density at radius 2 is 1.92 bits per heavy atom. The van der Waals surface area contributed by atoms with Crippen molar-refractivity contribution in [3.63, 3.8) is 0 Å². The van der Waals surface area contributed by atoms with Crippen LogP contribution in [0.4, 0.5) is 0 Å². The summed E-state index contributed by atoms with van der Waals surface area (Å²) in [7, 11) is -1.35. The molecule has 134 valence electrons. The maximum atomic E-state index is 12.8. The molecule has 0 bridgehead atoms. The van der Waals surface area contributed by atoms with E-state index in [-0.39, 0.29) is 18.1 Å². The average molecular weight is 355 g/mol. The SMILES string of the molecule is CCOC(=O)c1cc(S(=O)N2CCN(CC)CC2)cnc1OCC. The average Bonchev–Trinajstić information content (AvgIpc) is 2.62. The van der Waals surface area contributed by atoms with E-state index in [1.54, 1.807) is 13.0 Å². The second-order valence-electron chi connectivity index (χ2n) is 5.29. The molecule has 0 N–H and O–H groups in total. The van der Waals surface area contributed by atoms with Gasteiger partial charge in [0.1, 0.15) is 16.5 Å². The normalized spacial score (nSPS) is 17.5. The van der Waals surface area contributed by atoms with E-state index in [1.165, 1.54) is 6.20 Å². The van der Waals surface area contributed by atoms with Crippen LogP contribution in [0.2, 0.25) is 0 Å². The van der Waals surface area contributed by atoms with Gasteiger partial charge in [-0.3, -0.25) is 0 Å². The van der Waals surface area contributed by atoms with Gasteiger partial charge in [-0.05, 0) is 26.5 Å². The van der Waals surface area contributed by atoms with Crippen LogP contribution in [0.3, 0.4) is 0 Å². The highest BCUT2D eigenvalue weighted by Crippen LogP contribution is 2.22. The number of piperazine rings is 1. The van der Waals surface area contributed by atoms with Crippen LogP contribution < -0.4 is 4.74 Å². The molecule has 1 aliphatic rings. The number of pyridine rings is 1. The first-order valence-corrected chi connectivity index (χ1v) is 9.40. The van der Waals surface area contributed by atoms with Gasteiger partial charge in [-0.1, -0.05) is 6.92 Å². The fraction of sp³-hybridized carbons (Fsp3) is 0.625. The molecule has 1 aromatic rings. The molecule has 0 saturated carbocycles. The molecule has 1 aromatic heterocycles. The Morgan fingerprint density at radius 1 is 1.21 bits per heavy atom. The van der Waals surface area contributed by atoms with Crippen LogP contribution in [0.5, 0.6) is 5.88 Å². The quantitative estimate of drug-likeness (QED) is 0.687. The summed E-state index contributed by atoms with van der Waals surface area (Å²) in [5.41, 5.74) is 0.219. The van der Waals surface area contributed by atoms with E-state index in [0.717, 1.165) is 32.7 Å². The Bertz CT molecular complexity index is 589. The molecule has 1 aliphatic heterocycles. The number of nitrogens with zero attached hydrogens (tertiary/aromatic N) is 3. The molecule has 1 fully saturated rings. The first-order chi connectivity index (χ1) is 11.6. The van der Waals surface area contributed by atoms with E-state index in [9.17, 15) is 9.00 Å². The molecule has 0 aromatic carbocycles. The van der Waals surface area contributed by atoms with Crippen molar-refractivity contribution in [2.45, 2.75) is 25.7 Å².